The van der Waals surface area contributed by atoms with E-state index in [9.17, 15) is 0 Å². The predicted molar refractivity (Wildman–Crippen MR) is 137 cm³/mol. The second-order valence-electron chi connectivity index (χ2n) is 7.84. The molecule has 6 heteroatoms. The third-order valence-electron chi connectivity index (χ3n) is 5.82. The highest BCUT2D eigenvalue weighted by molar-refractivity contribution is 6.28. The average molecular weight is 464 g/mol. The Morgan fingerprint density at radius 3 is 2.12 bits per heavy atom. The van der Waals surface area contributed by atoms with E-state index >= 15 is 0 Å². The molecule has 3 heterocycles. The number of benzene rings is 3. The van der Waals surface area contributed by atoms with Crippen molar-refractivity contribution < 1.29 is 8.83 Å². The highest BCUT2D eigenvalue weighted by atomic mass is 35.5. The first-order chi connectivity index (χ1) is 16.6. The van der Waals surface area contributed by atoms with Crippen molar-refractivity contribution in [1.82, 2.24) is 15.0 Å². The fourth-order valence-corrected chi connectivity index (χ4v) is 4.44. The topological polar surface area (TPSA) is 65.0 Å². The van der Waals surface area contributed by atoms with E-state index in [0.29, 0.717) is 11.6 Å². The number of furan rings is 2. The smallest absolute Gasteiger partial charge is 0.226 e. The summed E-state index contributed by atoms with van der Waals surface area (Å²) in [6, 6.07) is 19.8. The van der Waals surface area contributed by atoms with Crippen LogP contribution >= 0.6 is 11.6 Å². The van der Waals surface area contributed by atoms with Gasteiger partial charge < -0.3 is 8.83 Å². The molecule has 0 N–H and O–H groups in total. The zero-order valence-electron chi connectivity index (χ0n) is 18.2. The zero-order chi connectivity index (χ0) is 23.2. The van der Waals surface area contributed by atoms with Gasteiger partial charge in [-0.2, -0.15) is 9.97 Å². The van der Waals surface area contributed by atoms with E-state index in [0.717, 1.165) is 54.7 Å². The maximum Gasteiger partial charge on any atom is 0.226 e. The molecule has 34 heavy (non-hydrogen) atoms. The summed E-state index contributed by atoms with van der Waals surface area (Å²) in [5.74, 6) is 0.939. The lowest BCUT2D eigenvalue weighted by molar-refractivity contribution is 0.576. The van der Waals surface area contributed by atoms with Crippen molar-refractivity contribution in [3.05, 3.63) is 89.2 Å². The Labute approximate surface area is 199 Å². The molecule has 0 aliphatic heterocycles. The van der Waals surface area contributed by atoms with Crippen LogP contribution in [0.25, 0.3) is 67.8 Å². The molecule has 0 spiro atoms. The highest BCUT2D eigenvalue weighted by Gasteiger charge is 2.14. The van der Waals surface area contributed by atoms with Crippen molar-refractivity contribution in [1.29, 1.82) is 0 Å². The number of rotatable bonds is 3. The van der Waals surface area contributed by atoms with Gasteiger partial charge in [0.15, 0.2) is 11.6 Å². The largest absolute Gasteiger partial charge is 0.456 e. The molecule has 0 bridgehead atoms. The molecule has 0 aliphatic carbocycles. The number of nitrogens with zero attached hydrogens (tertiary/aromatic N) is 3. The van der Waals surface area contributed by atoms with E-state index in [1.165, 1.54) is 0 Å². The summed E-state index contributed by atoms with van der Waals surface area (Å²) in [7, 11) is 0. The SMILES string of the molecule is C=C/C=c1/oc2cc(-c3nc(Cl)nc(-c4ccc5c(c4)oc4ccccc45)n3)ccc2/c1=C/C. The predicted octanol–water partition coefficient (Wildman–Crippen LogP) is 6.27. The number of allylic oxidation sites excluding steroid dienone is 1. The Bertz CT molecular complexity index is 1860. The number of hydrogen-bond acceptors (Lipinski definition) is 5. The summed E-state index contributed by atoms with van der Waals surface area (Å²) in [5, 5.41) is 4.26. The quantitative estimate of drug-likeness (QED) is 0.309. The first-order valence-corrected chi connectivity index (χ1v) is 11.2. The fraction of sp³-hybridized carbons (Fsp3) is 0.0357. The minimum atomic E-state index is 0.118. The first kappa shape index (κ1) is 20.4. The van der Waals surface area contributed by atoms with E-state index < -0.39 is 0 Å². The van der Waals surface area contributed by atoms with E-state index in [2.05, 4.69) is 16.5 Å². The monoisotopic (exact) mass is 463 g/mol. The average Bonchev–Trinajstić information content (AvgIpc) is 3.40. The molecule has 6 aromatic rings. The second kappa shape index (κ2) is 7.97. The Hall–Kier alpha value is -4.22. The Morgan fingerprint density at radius 1 is 0.765 bits per heavy atom. The molecule has 0 fully saturated rings. The molecule has 0 aliphatic rings. The van der Waals surface area contributed by atoms with Crippen molar-refractivity contribution in [3.8, 4) is 22.8 Å². The van der Waals surface area contributed by atoms with Gasteiger partial charge in [-0.1, -0.05) is 49.1 Å². The molecular formula is C28H18ClN3O2. The molecule has 5 nitrogen and oxygen atoms in total. The van der Waals surface area contributed by atoms with Gasteiger partial charge in [-0.05, 0) is 54.9 Å². The third kappa shape index (κ3) is 3.29. The Morgan fingerprint density at radius 2 is 1.41 bits per heavy atom. The minimum absolute atomic E-state index is 0.118. The molecule has 0 saturated carbocycles. The van der Waals surface area contributed by atoms with E-state index in [-0.39, 0.29) is 5.28 Å². The minimum Gasteiger partial charge on any atom is -0.456 e. The molecule has 0 saturated heterocycles. The van der Waals surface area contributed by atoms with E-state index in [1.54, 1.807) is 6.08 Å². The first-order valence-electron chi connectivity index (χ1n) is 10.8. The summed E-state index contributed by atoms with van der Waals surface area (Å²) >= 11 is 6.31. The van der Waals surface area contributed by atoms with Gasteiger partial charge in [0, 0.05) is 32.5 Å². The maximum atomic E-state index is 6.31. The van der Waals surface area contributed by atoms with E-state index in [4.69, 9.17) is 25.4 Å². The summed E-state index contributed by atoms with van der Waals surface area (Å²) < 4.78 is 12.1. The molecule has 0 atom stereocenters. The van der Waals surface area contributed by atoms with Crippen LogP contribution in [0.15, 0.2) is 82.2 Å². The summed E-state index contributed by atoms with van der Waals surface area (Å²) in [6.07, 6.45) is 5.58. The molecular weight excluding hydrogens is 446 g/mol. The lowest BCUT2D eigenvalue weighted by Crippen LogP contribution is -2.18. The van der Waals surface area contributed by atoms with Gasteiger partial charge in [-0.15, -0.1) is 0 Å². The lowest BCUT2D eigenvalue weighted by Gasteiger charge is -2.05. The molecule has 3 aromatic carbocycles. The van der Waals surface area contributed by atoms with Crippen LogP contribution in [0.3, 0.4) is 0 Å². The van der Waals surface area contributed by atoms with Crippen molar-refractivity contribution >= 4 is 56.7 Å². The van der Waals surface area contributed by atoms with Crippen LogP contribution in [0.5, 0.6) is 0 Å². The van der Waals surface area contributed by atoms with Crippen LogP contribution in [0.2, 0.25) is 5.28 Å². The summed E-state index contributed by atoms with van der Waals surface area (Å²) in [4.78, 5) is 13.4. The molecule has 0 radical (unpaired) electrons. The van der Waals surface area contributed by atoms with Crippen molar-refractivity contribution in [2.24, 2.45) is 0 Å². The Balaban J connectivity index is 1.48. The number of para-hydroxylation sites is 1. The Kier molecular flexibility index (Phi) is 4.78. The number of hydrogen-bond donors (Lipinski definition) is 0. The van der Waals surface area contributed by atoms with Crippen LogP contribution in [-0.2, 0) is 0 Å². The van der Waals surface area contributed by atoms with Gasteiger partial charge in [-0.25, -0.2) is 4.98 Å². The van der Waals surface area contributed by atoms with Crippen LogP contribution in [0.1, 0.15) is 6.92 Å². The van der Waals surface area contributed by atoms with Gasteiger partial charge in [0.05, 0.1) is 0 Å². The standard InChI is InChI=1S/C28H18ClN3O2/c1-3-7-22-18(4-2)20-12-10-16(14-24(20)33-22)26-30-27(32-28(29)31-26)17-11-13-21-19-8-5-6-9-23(19)34-25(21)15-17/h3-15H,1H2,2H3/b18-4-,22-7+. The van der Waals surface area contributed by atoms with E-state index in [1.807, 2.05) is 79.7 Å². The van der Waals surface area contributed by atoms with Crippen LogP contribution in [0, 0.1) is 0 Å². The molecule has 164 valence electrons. The van der Waals surface area contributed by atoms with Crippen molar-refractivity contribution in [2.75, 3.05) is 0 Å². The molecule has 3 aromatic heterocycles. The molecule has 6 rings (SSSR count). The molecule has 0 amide bonds. The van der Waals surface area contributed by atoms with Gasteiger partial charge in [0.2, 0.25) is 5.28 Å². The number of aromatic nitrogens is 3. The molecule has 0 unspecified atom stereocenters. The normalized spacial score (nSPS) is 12.9. The maximum absolute atomic E-state index is 6.31. The third-order valence-corrected chi connectivity index (χ3v) is 5.99. The van der Waals surface area contributed by atoms with Gasteiger partial charge in [-0.3, -0.25) is 0 Å². The summed E-state index contributed by atoms with van der Waals surface area (Å²) in [6.45, 7) is 5.75. The number of halogens is 1. The second-order valence-corrected chi connectivity index (χ2v) is 8.18. The highest BCUT2D eigenvalue weighted by Crippen LogP contribution is 2.32. The zero-order valence-corrected chi connectivity index (χ0v) is 19.0. The van der Waals surface area contributed by atoms with Gasteiger partial charge in [0.1, 0.15) is 22.2 Å². The van der Waals surface area contributed by atoms with Crippen molar-refractivity contribution in [2.45, 2.75) is 6.92 Å². The van der Waals surface area contributed by atoms with Gasteiger partial charge in [0.25, 0.3) is 0 Å². The summed E-state index contributed by atoms with van der Waals surface area (Å²) in [5.41, 5.74) is 4.68. The van der Waals surface area contributed by atoms with Crippen LogP contribution in [0.4, 0.5) is 0 Å². The lowest BCUT2D eigenvalue weighted by atomic mass is 10.1. The fourth-order valence-electron chi connectivity index (χ4n) is 4.28. The van der Waals surface area contributed by atoms with Crippen LogP contribution < -0.4 is 10.6 Å². The van der Waals surface area contributed by atoms with Gasteiger partial charge >= 0.3 is 0 Å². The number of fused-ring (bicyclic) bond motifs is 4. The van der Waals surface area contributed by atoms with Crippen molar-refractivity contribution in [3.63, 3.8) is 0 Å². The van der Waals surface area contributed by atoms with Crippen LogP contribution in [-0.4, -0.2) is 15.0 Å².